The number of hydrogen-bond donors (Lipinski definition) is 1. The van der Waals surface area contributed by atoms with Crippen LogP contribution in [0.5, 0.6) is 5.75 Å². The summed E-state index contributed by atoms with van der Waals surface area (Å²) in [6, 6.07) is 11.3. The summed E-state index contributed by atoms with van der Waals surface area (Å²) in [4.78, 5) is 23.9. The molecule has 6 heteroatoms. The van der Waals surface area contributed by atoms with Gasteiger partial charge in [0.25, 0.3) is 0 Å². The predicted octanol–water partition coefficient (Wildman–Crippen LogP) is 4.02. The highest BCUT2D eigenvalue weighted by atomic mass is 35.5. The van der Waals surface area contributed by atoms with E-state index in [4.69, 9.17) is 16.3 Å². The smallest absolute Gasteiger partial charge is 0.336 e. The van der Waals surface area contributed by atoms with Crippen LogP contribution in [-0.4, -0.2) is 29.7 Å². The standard InChI is InChI=1S/C16H13ClO4S/c1-21-12-6-7-15(13(8-12)16(19)20)22-9-14(18)10-2-4-11(17)5-3-10/h2-8H,9H2,1H3,(H,19,20). The quantitative estimate of drug-likeness (QED) is 0.637. The summed E-state index contributed by atoms with van der Waals surface area (Å²) in [6.07, 6.45) is 0. The van der Waals surface area contributed by atoms with Crippen LogP contribution in [0.3, 0.4) is 0 Å². The average Bonchev–Trinajstić information content (AvgIpc) is 2.53. The Morgan fingerprint density at radius 2 is 1.86 bits per heavy atom. The number of Topliss-reactive ketones (excluding diaryl/α,β-unsaturated/α-hetero) is 1. The second-order valence-corrected chi connectivity index (χ2v) is 5.84. The summed E-state index contributed by atoms with van der Waals surface area (Å²) >= 11 is 6.96. The molecule has 0 aliphatic rings. The van der Waals surface area contributed by atoms with Crippen molar-refractivity contribution in [3.8, 4) is 5.75 Å². The molecule has 0 saturated heterocycles. The maximum atomic E-state index is 12.1. The maximum Gasteiger partial charge on any atom is 0.336 e. The number of thioether (sulfide) groups is 1. The monoisotopic (exact) mass is 336 g/mol. The van der Waals surface area contributed by atoms with Crippen LogP contribution in [0, 0.1) is 0 Å². The van der Waals surface area contributed by atoms with Crippen molar-refractivity contribution in [2.24, 2.45) is 0 Å². The number of aromatic carboxylic acids is 1. The van der Waals surface area contributed by atoms with Crippen LogP contribution in [0.15, 0.2) is 47.4 Å². The molecule has 2 aromatic carbocycles. The van der Waals surface area contributed by atoms with Gasteiger partial charge in [-0.05, 0) is 42.5 Å². The minimum Gasteiger partial charge on any atom is -0.497 e. The van der Waals surface area contributed by atoms with E-state index in [0.29, 0.717) is 21.2 Å². The lowest BCUT2D eigenvalue weighted by Gasteiger charge is -2.08. The van der Waals surface area contributed by atoms with E-state index in [0.717, 1.165) is 0 Å². The summed E-state index contributed by atoms with van der Waals surface area (Å²) in [6.45, 7) is 0. The molecule has 0 aromatic heterocycles. The first-order valence-corrected chi connectivity index (χ1v) is 7.70. The summed E-state index contributed by atoms with van der Waals surface area (Å²) < 4.78 is 5.01. The average molecular weight is 337 g/mol. The molecule has 0 aliphatic heterocycles. The van der Waals surface area contributed by atoms with Gasteiger partial charge < -0.3 is 9.84 Å². The highest BCUT2D eigenvalue weighted by Crippen LogP contribution is 2.27. The Morgan fingerprint density at radius 3 is 2.45 bits per heavy atom. The SMILES string of the molecule is COc1ccc(SCC(=O)c2ccc(Cl)cc2)c(C(=O)O)c1. The van der Waals surface area contributed by atoms with Gasteiger partial charge in [-0.15, -0.1) is 11.8 Å². The first kappa shape index (κ1) is 16.4. The van der Waals surface area contributed by atoms with E-state index in [9.17, 15) is 14.7 Å². The number of halogens is 1. The molecular weight excluding hydrogens is 324 g/mol. The van der Waals surface area contributed by atoms with E-state index in [2.05, 4.69) is 0 Å². The first-order valence-electron chi connectivity index (χ1n) is 6.34. The molecule has 0 bridgehead atoms. The lowest BCUT2D eigenvalue weighted by Crippen LogP contribution is -2.04. The van der Waals surface area contributed by atoms with E-state index in [1.807, 2.05) is 0 Å². The molecule has 1 N–H and O–H groups in total. The number of carboxylic acid groups (broad SMARTS) is 1. The molecule has 0 saturated carbocycles. The van der Waals surface area contributed by atoms with Crippen molar-refractivity contribution in [1.82, 2.24) is 0 Å². The van der Waals surface area contributed by atoms with Crippen molar-refractivity contribution >= 4 is 35.1 Å². The zero-order chi connectivity index (χ0) is 16.1. The second-order valence-electron chi connectivity index (χ2n) is 4.39. The van der Waals surface area contributed by atoms with Gasteiger partial charge in [0.2, 0.25) is 0 Å². The molecule has 22 heavy (non-hydrogen) atoms. The number of rotatable bonds is 6. The molecule has 0 aliphatic carbocycles. The van der Waals surface area contributed by atoms with Gasteiger partial charge in [-0.3, -0.25) is 4.79 Å². The highest BCUT2D eigenvalue weighted by Gasteiger charge is 2.14. The van der Waals surface area contributed by atoms with Crippen LogP contribution in [0.2, 0.25) is 5.02 Å². The fourth-order valence-electron chi connectivity index (χ4n) is 1.79. The molecule has 4 nitrogen and oxygen atoms in total. The van der Waals surface area contributed by atoms with Crippen molar-refractivity contribution in [3.05, 3.63) is 58.6 Å². The predicted molar refractivity (Wildman–Crippen MR) is 86.5 cm³/mol. The minimum atomic E-state index is -1.06. The Hall–Kier alpha value is -1.98. The number of benzene rings is 2. The van der Waals surface area contributed by atoms with Crippen molar-refractivity contribution in [3.63, 3.8) is 0 Å². The maximum absolute atomic E-state index is 12.1. The molecule has 0 amide bonds. The molecular formula is C16H13ClO4S. The van der Waals surface area contributed by atoms with Crippen molar-refractivity contribution in [2.45, 2.75) is 4.90 Å². The molecule has 0 heterocycles. The van der Waals surface area contributed by atoms with Crippen LogP contribution >= 0.6 is 23.4 Å². The van der Waals surface area contributed by atoms with Gasteiger partial charge in [-0.1, -0.05) is 11.6 Å². The Kier molecular flexibility index (Phi) is 5.46. The summed E-state index contributed by atoms with van der Waals surface area (Å²) in [5.41, 5.74) is 0.663. The summed E-state index contributed by atoms with van der Waals surface area (Å²) in [7, 11) is 1.47. The van der Waals surface area contributed by atoms with E-state index >= 15 is 0 Å². The largest absolute Gasteiger partial charge is 0.497 e. The van der Waals surface area contributed by atoms with Crippen LogP contribution in [-0.2, 0) is 0 Å². The number of carbonyl (C=O) groups is 2. The summed E-state index contributed by atoms with van der Waals surface area (Å²) in [5, 5.41) is 9.79. The molecule has 2 aromatic rings. The molecule has 2 rings (SSSR count). The molecule has 0 radical (unpaired) electrons. The molecule has 0 unspecified atom stereocenters. The fourth-order valence-corrected chi connectivity index (χ4v) is 2.84. The Balaban J connectivity index is 2.12. The van der Waals surface area contributed by atoms with Crippen LogP contribution < -0.4 is 4.74 Å². The van der Waals surface area contributed by atoms with Crippen LogP contribution in [0.1, 0.15) is 20.7 Å². The zero-order valence-corrected chi connectivity index (χ0v) is 13.3. The Labute approximate surface area is 137 Å². The van der Waals surface area contributed by atoms with E-state index in [-0.39, 0.29) is 17.1 Å². The number of carboxylic acids is 1. The van der Waals surface area contributed by atoms with Crippen LogP contribution in [0.4, 0.5) is 0 Å². The number of methoxy groups -OCH3 is 1. The lowest BCUT2D eigenvalue weighted by molar-refractivity contribution is 0.0692. The highest BCUT2D eigenvalue weighted by molar-refractivity contribution is 8.00. The normalized spacial score (nSPS) is 10.3. The van der Waals surface area contributed by atoms with Gasteiger partial charge in [-0.25, -0.2) is 4.79 Å². The van der Waals surface area contributed by atoms with Crippen molar-refractivity contribution in [1.29, 1.82) is 0 Å². The third kappa shape index (κ3) is 4.02. The zero-order valence-electron chi connectivity index (χ0n) is 11.7. The summed E-state index contributed by atoms with van der Waals surface area (Å²) in [5.74, 6) is -0.534. The minimum absolute atomic E-state index is 0.0891. The topological polar surface area (TPSA) is 63.6 Å². The third-order valence-electron chi connectivity index (χ3n) is 2.94. The van der Waals surface area contributed by atoms with E-state index in [1.54, 1.807) is 36.4 Å². The molecule has 114 valence electrons. The fraction of sp³-hybridized carbons (Fsp3) is 0.125. The second kappa shape index (κ2) is 7.33. The van der Waals surface area contributed by atoms with Gasteiger partial charge in [-0.2, -0.15) is 0 Å². The third-order valence-corrected chi connectivity index (χ3v) is 4.27. The number of ether oxygens (including phenoxy) is 1. The lowest BCUT2D eigenvalue weighted by atomic mass is 10.1. The Morgan fingerprint density at radius 1 is 1.18 bits per heavy atom. The van der Waals surface area contributed by atoms with Gasteiger partial charge >= 0.3 is 5.97 Å². The molecule has 0 spiro atoms. The Bertz CT molecular complexity index is 698. The number of ketones is 1. The number of hydrogen-bond acceptors (Lipinski definition) is 4. The van der Waals surface area contributed by atoms with Gasteiger partial charge in [0, 0.05) is 15.5 Å². The van der Waals surface area contributed by atoms with Gasteiger partial charge in [0.1, 0.15) is 5.75 Å². The van der Waals surface area contributed by atoms with E-state index < -0.39 is 5.97 Å². The van der Waals surface area contributed by atoms with Crippen molar-refractivity contribution in [2.75, 3.05) is 12.9 Å². The number of carbonyl (C=O) groups excluding carboxylic acids is 1. The van der Waals surface area contributed by atoms with Crippen molar-refractivity contribution < 1.29 is 19.4 Å². The van der Waals surface area contributed by atoms with Gasteiger partial charge in [0.05, 0.1) is 18.4 Å². The molecule has 0 atom stereocenters. The van der Waals surface area contributed by atoms with Gasteiger partial charge in [0.15, 0.2) is 5.78 Å². The first-order chi connectivity index (χ1) is 10.5. The molecule has 0 fully saturated rings. The van der Waals surface area contributed by atoms with Crippen LogP contribution in [0.25, 0.3) is 0 Å². The van der Waals surface area contributed by atoms with E-state index in [1.165, 1.54) is 24.9 Å².